The van der Waals surface area contributed by atoms with Crippen molar-refractivity contribution in [2.75, 3.05) is 6.54 Å². The van der Waals surface area contributed by atoms with E-state index in [0.29, 0.717) is 5.65 Å². The molecule has 3 aromatic rings. The first-order valence-electron chi connectivity index (χ1n) is 6.51. The van der Waals surface area contributed by atoms with Gasteiger partial charge in [0.15, 0.2) is 5.65 Å². The highest BCUT2D eigenvalue weighted by Crippen LogP contribution is 2.22. The van der Waals surface area contributed by atoms with Crippen LogP contribution in [0.2, 0.25) is 0 Å². The number of nitrogens with zero attached hydrogens (tertiary/aromatic N) is 3. The van der Waals surface area contributed by atoms with Gasteiger partial charge in [0, 0.05) is 10.7 Å². The normalized spacial score (nSPS) is 14.0. The average Bonchev–Trinajstić information content (AvgIpc) is 3.13. The van der Waals surface area contributed by atoms with Gasteiger partial charge in [-0.3, -0.25) is 4.79 Å². The molecule has 0 aliphatic rings. The minimum absolute atomic E-state index is 0.0687. The first kappa shape index (κ1) is 15.1. The van der Waals surface area contributed by atoms with Gasteiger partial charge in [0.05, 0.1) is 6.54 Å². The summed E-state index contributed by atoms with van der Waals surface area (Å²) in [7, 11) is 0. The summed E-state index contributed by atoms with van der Waals surface area (Å²) >= 11 is 4.83. The Hall–Kier alpha value is -1.77. The van der Waals surface area contributed by atoms with Gasteiger partial charge in [-0.15, -0.1) is 5.10 Å². The lowest BCUT2D eigenvalue weighted by Gasteiger charge is -2.22. The Morgan fingerprint density at radius 1 is 1.50 bits per heavy atom. The van der Waals surface area contributed by atoms with Crippen molar-refractivity contribution in [2.24, 2.45) is 0 Å². The third kappa shape index (κ3) is 3.03. The molecule has 3 rings (SSSR count). The number of aromatic nitrogens is 3. The molecule has 0 spiro atoms. The Morgan fingerprint density at radius 2 is 2.32 bits per heavy atom. The highest BCUT2D eigenvalue weighted by atomic mass is 79.9. The molecule has 0 bridgehead atoms. The fraction of sp³-hybridized carbons (Fsp3) is 0.214. The van der Waals surface area contributed by atoms with E-state index in [1.807, 2.05) is 22.9 Å². The van der Waals surface area contributed by atoms with Gasteiger partial charge in [0.1, 0.15) is 5.60 Å². The molecule has 0 saturated carbocycles. The zero-order valence-electron chi connectivity index (χ0n) is 11.7. The number of nitrogens with one attached hydrogen (secondary N) is 1. The van der Waals surface area contributed by atoms with E-state index in [9.17, 15) is 9.90 Å². The Balaban J connectivity index is 1.73. The first-order chi connectivity index (χ1) is 10.5. The van der Waals surface area contributed by atoms with E-state index in [2.05, 4.69) is 31.3 Å². The van der Waals surface area contributed by atoms with Crippen molar-refractivity contribution in [2.45, 2.75) is 12.5 Å². The van der Waals surface area contributed by atoms with Crippen LogP contribution in [0.1, 0.15) is 23.1 Å². The van der Waals surface area contributed by atoms with E-state index in [1.165, 1.54) is 15.9 Å². The molecular formula is C14H13BrN4O2S. The zero-order valence-corrected chi connectivity index (χ0v) is 14.1. The number of carbonyl (C=O) groups excluding carboxylic acids is 1. The SMILES string of the molecule is CC(O)(CNC(=O)c1nc2ccc(Br)cn2n1)c1ccsc1. The van der Waals surface area contributed by atoms with Crippen LogP contribution >= 0.6 is 27.3 Å². The average molecular weight is 381 g/mol. The predicted octanol–water partition coefficient (Wildman–Crippen LogP) is 2.19. The Morgan fingerprint density at radius 3 is 3.05 bits per heavy atom. The third-order valence-electron chi connectivity index (χ3n) is 3.23. The molecule has 2 N–H and O–H groups in total. The van der Waals surface area contributed by atoms with Gasteiger partial charge >= 0.3 is 0 Å². The first-order valence-corrected chi connectivity index (χ1v) is 8.24. The smallest absolute Gasteiger partial charge is 0.291 e. The molecule has 0 aliphatic heterocycles. The number of fused-ring (bicyclic) bond motifs is 1. The van der Waals surface area contributed by atoms with Crippen molar-refractivity contribution < 1.29 is 9.90 Å². The number of hydrogen-bond acceptors (Lipinski definition) is 5. The molecule has 0 aliphatic carbocycles. The third-order valence-corrected chi connectivity index (χ3v) is 4.39. The number of amides is 1. The maximum absolute atomic E-state index is 12.1. The van der Waals surface area contributed by atoms with Crippen LogP contribution in [-0.4, -0.2) is 32.2 Å². The molecule has 1 atom stereocenters. The zero-order chi connectivity index (χ0) is 15.7. The number of rotatable bonds is 4. The molecule has 1 unspecified atom stereocenters. The van der Waals surface area contributed by atoms with Gasteiger partial charge in [-0.25, -0.2) is 9.50 Å². The van der Waals surface area contributed by atoms with Gasteiger partial charge < -0.3 is 10.4 Å². The van der Waals surface area contributed by atoms with Gasteiger partial charge in [-0.2, -0.15) is 11.3 Å². The predicted molar refractivity (Wildman–Crippen MR) is 86.9 cm³/mol. The van der Waals surface area contributed by atoms with Crippen molar-refractivity contribution in [1.29, 1.82) is 0 Å². The molecule has 0 radical (unpaired) electrons. The van der Waals surface area contributed by atoms with E-state index in [1.54, 1.807) is 19.2 Å². The number of halogens is 1. The molecule has 1 amide bonds. The summed E-state index contributed by atoms with van der Waals surface area (Å²) in [6, 6.07) is 5.42. The number of carbonyl (C=O) groups is 1. The van der Waals surface area contributed by atoms with Crippen molar-refractivity contribution in [3.63, 3.8) is 0 Å². The van der Waals surface area contributed by atoms with Gasteiger partial charge in [0.25, 0.3) is 5.91 Å². The fourth-order valence-electron chi connectivity index (χ4n) is 1.96. The second kappa shape index (κ2) is 5.79. The minimum Gasteiger partial charge on any atom is -0.384 e. The second-order valence-corrected chi connectivity index (χ2v) is 6.75. The molecule has 114 valence electrons. The number of hydrogen-bond donors (Lipinski definition) is 2. The van der Waals surface area contributed by atoms with Crippen molar-refractivity contribution in [1.82, 2.24) is 19.9 Å². The standard InChI is InChI=1S/C14H13BrN4O2S/c1-14(21,9-4-5-22-7-9)8-16-13(20)12-17-11-3-2-10(15)6-19(11)18-12/h2-7,21H,8H2,1H3,(H,16,20). The van der Waals surface area contributed by atoms with Crippen molar-refractivity contribution in [3.05, 3.63) is 51.0 Å². The van der Waals surface area contributed by atoms with Crippen LogP contribution < -0.4 is 5.32 Å². The van der Waals surface area contributed by atoms with Crippen LogP contribution in [0.15, 0.2) is 39.6 Å². The summed E-state index contributed by atoms with van der Waals surface area (Å²) < 4.78 is 2.37. The molecule has 22 heavy (non-hydrogen) atoms. The minimum atomic E-state index is -1.13. The Bertz CT molecular complexity index is 813. The molecule has 6 nitrogen and oxygen atoms in total. The number of aliphatic hydroxyl groups is 1. The fourth-order valence-corrected chi connectivity index (χ4v) is 3.07. The van der Waals surface area contributed by atoms with Gasteiger partial charge in [-0.1, -0.05) is 0 Å². The van der Waals surface area contributed by atoms with E-state index >= 15 is 0 Å². The number of thiophene rings is 1. The molecule has 0 aromatic carbocycles. The van der Waals surface area contributed by atoms with Crippen LogP contribution in [0.4, 0.5) is 0 Å². The molecule has 0 saturated heterocycles. The highest BCUT2D eigenvalue weighted by Gasteiger charge is 2.25. The van der Waals surface area contributed by atoms with Crippen LogP contribution in [0.5, 0.6) is 0 Å². The number of pyridine rings is 1. The lowest BCUT2D eigenvalue weighted by atomic mass is 9.99. The maximum Gasteiger partial charge on any atom is 0.291 e. The van der Waals surface area contributed by atoms with Crippen LogP contribution in [0, 0.1) is 0 Å². The summed E-state index contributed by atoms with van der Waals surface area (Å²) in [5.41, 5.74) is 0.223. The molecule has 3 heterocycles. The topological polar surface area (TPSA) is 79.5 Å². The summed E-state index contributed by atoms with van der Waals surface area (Å²) in [6.07, 6.45) is 1.72. The van der Waals surface area contributed by atoms with E-state index in [0.717, 1.165) is 10.0 Å². The van der Waals surface area contributed by atoms with Gasteiger partial charge in [0.2, 0.25) is 5.82 Å². The van der Waals surface area contributed by atoms with Gasteiger partial charge in [-0.05, 0) is 57.4 Å². The Labute approximate surface area is 138 Å². The van der Waals surface area contributed by atoms with Crippen molar-refractivity contribution >= 4 is 38.8 Å². The summed E-state index contributed by atoms with van der Waals surface area (Å²) in [4.78, 5) is 16.3. The van der Waals surface area contributed by atoms with E-state index in [-0.39, 0.29) is 12.4 Å². The van der Waals surface area contributed by atoms with E-state index in [4.69, 9.17) is 0 Å². The molecule has 3 aromatic heterocycles. The van der Waals surface area contributed by atoms with E-state index < -0.39 is 11.5 Å². The Kier molecular flexibility index (Phi) is 3.98. The lowest BCUT2D eigenvalue weighted by Crippen LogP contribution is -2.38. The highest BCUT2D eigenvalue weighted by molar-refractivity contribution is 9.10. The maximum atomic E-state index is 12.1. The largest absolute Gasteiger partial charge is 0.384 e. The quantitative estimate of drug-likeness (QED) is 0.726. The lowest BCUT2D eigenvalue weighted by molar-refractivity contribution is 0.0527. The van der Waals surface area contributed by atoms with Crippen LogP contribution in [0.3, 0.4) is 0 Å². The molecular weight excluding hydrogens is 368 g/mol. The van der Waals surface area contributed by atoms with Crippen LogP contribution in [-0.2, 0) is 5.60 Å². The summed E-state index contributed by atoms with van der Waals surface area (Å²) in [6.45, 7) is 1.74. The second-order valence-electron chi connectivity index (χ2n) is 5.05. The van der Waals surface area contributed by atoms with Crippen molar-refractivity contribution in [3.8, 4) is 0 Å². The summed E-state index contributed by atoms with van der Waals surface area (Å²) in [5, 5.41) is 20.9. The monoisotopic (exact) mass is 380 g/mol. The summed E-state index contributed by atoms with van der Waals surface area (Å²) in [5.74, 6) is -0.352. The molecule has 8 heteroatoms. The van der Waals surface area contributed by atoms with Crippen LogP contribution in [0.25, 0.3) is 5.65 Å². The molecule has 0 fully saturated rings.